The molecule has 0 saturated heterocycles. The predicted octanol–water partition coefficient (Wildman–Crippen LogP) is 1.62. The number of anilines is 1. The van der Waals surface area contributed by atoms with Crippen LogP contribution in [0.1, 0.15) is 11.1 Å². The molecule has 0 aliphatic heterocycles. The standard InChI is InChI=1S/C14H23N3OS/c1-11-4-5-12(14(15)19)13(10-11)16-6-8-18-9-7-17(2)3/h4-5,10,16H,6-9H2,1-3H3,(H2,15,19). The lowest BCUT2D eigenvalue weighted by molar-refractivity contribution is 0.126. The molecule has 1 aromatic carbocycles. The van der Waals surface area contributed by atoms with Crippen molar-refractivity contribution in [2.75, 3.05) is 45.7 Å². The molecule has 0 amide bonds. The number of likely N-dealkylation sites (N-methyl/N-ethyl adjacent to an activating group) is 1. The third kappa shape index (κ3) is 6.00. The van der Waals surface area contributed by atoms with E-state index in [1.54, 1.807) is 0 Å². The van der Waals surface area contributed by atoms with Crippen molar-refractivity contribution in [1.82, 2.24) is 4.90 Å². The lowest BCUT2D eigenvalue weighted by Crippen LogP contribution is -2.20. The van der Waals surface area contributed by atoms with Gasteiger partial charge in [-0.2, -0.15) is 0 Å². The van der Waals surface area contributed by atoms with Gasteiger partial charge in [0.25, 0.3) is 0 Å². The number of rotatable bonds is 8. The van der Waals surface area contributed by atoms with Gasteiger partial charge in [-0.1, -0.05) is 18.3 Å². The summed E-state index contributed by atoms with van der Waals surface area (Å²) in [5, 5.41) is 3.32. The molecular weight excluding hydrogens is 258 g/mol. The number of nitrogens with one attached hydrogen (secondary N) is 1. The number of hydrogen-bond acceptors (Lipinski definition) is 4. The van der Waals surface area contributed by atoms with Gasteiger partial charge in [-0.05, 0) is 38.7 Å². The fourth-order valence-electron chi connectivity index (χ4n) is 1.63. The lowest BCUT2D eigenvalue weighted by atomic mass is 10.1. The van der Waals surface area contributed by atoms with E-state index in [9.17, 15) is 0 Å². The van der Waals surface area contributed by atoms with Crippen LogP contribution in [0.4, 0.5) is 5.69 Å². The summed E-state index contributed by atoms with van der Waals surface area (Å²) in [6.45, 7) is 5.13. The average molecular weight is 281 g/mol. The minimum Gasteiger partial charge on any atom is -0.389 e. The van der Waals surface area contributed by atoms with Crippen molar-refractivity contribution in [2.24, 2.45) is 5.73 Å². The molecule has 0 aliphatic rings. The summed E-state index contributed by atoms with van der Waals surface area (Å²) in [5.74, 6) is 0. The average Bonchev–Trinajstić information content (AvgIpc) is 2.33. The number of hydrogen-bond donors (Lipinski definition) is 2. The van der Waals surface area contributed by atoms with E-state index in [2.05, 4.69) is 10.2 Å². The number of thiocarbonyl (C=S) groups is 1. The second-order valence-electron chi connectivity index (χ2n) is 4.76. The Balaban J connectivity index is 2.40. The van der Waals surface area contributed by atoms with Crippen LogP contribution in [-0.2, 0) is 4.74 Å². The molecule has 0 spiro atoms. The molecule has 0 fully saturated rings. The summed E-state index contributed by atoms with van der Waals surface area (Å²) >= 11 is 5.04. The van der Waals surface area contributed by atoms with Gasteiger partial charge in [0.2, 0.25) is 0 Å². The van der Waals surface area contributed by atoms with Gasteiger partial charge in [-0.3, -0.25) is 0 Å². The molecule has 3 N–H and O–H groups in total. The van der Waals surface area contributed by atoms with Crippen LogP contribution in [0.3, 0.4) is 0 Å². The molecule has 0 aliphatic carbocycles. The van der Waals surface area contributed by atoms with Crippen LogP contribution in [0.15, 0.2) is 18.2 Å². The summed E-state index contributed by atoms with van der Waals surface area (Å²) in [7, 11) is 4.06. The molecule has 1 rings (SSSR count). The van der Waals surface area contributed by atoms with E-state index in [-0.39, 0.29) is 0 Å². The second kappa shape index (κ2) is 8.09. The highest BCUT2D eigenvalue weighted by Gasteiger charge is 2.04. The fraction of sp³-hybridized carbons (Fsp3) is 0.500. The van der Waals surface area contributed by atoms with Crippen LogP contribution < -0.4 is 11.1 Å². The number of nitrogens with two attached hydrogens (primary N) is 1. The van der Waals surface area contributed by atoms with Crippen molar-refractivity contribution in [3.05, 3.63) is 29.3 Å². The smallest absolute Gasteiger partial charge is 0.106 e. The van der Waals surface area contributed by atoms with Gasteiger partial charge < -0.3 is 20.7 Å². The van der Waals surface area contributed by atoms with Gasteiger partial charge in [0.05, 0.1) is 13.2 Å². The Kier molecular flexibility index (Phi) is 6.77. The lowest BCUT2D eigenvalue weighted by Gasteiger charge is -2.13. The molecule has 0 aromatic heterocycles. The van der Waals surface area contributed by atoms with Crippen molar-refractivity contribution < 1.29 is 4.74 Å². The molecule has 0 bridgehead atoms. The first-order chi connectivity index (χ1) is 9.00. The Morgan fingerprint density at radius 3 is 2.74 bits per heavy atom. The molecule has 19 heavy (non-hydrogen) atoms. The largest absolute Gasteiger partial charge is 0.389 e. The molecule has 1 aromatic rings. The highest BCUT2D eigenvalue weighted by molar-refractivity contribution is 7.80. The van der Waals surface area contributed by atoms with E-state index in [0.717, 1.165) is 30.9 Å². The van der Waals surface area contributed by atoms with Crippen LogP contribution in [0.5, 0.6) is 0 Å². The third-order valence-electron chi connectivity index (χ3n) is 2.69. The molecule has 0 saturated carbocycles. The molecule has 0 heterocycles. The van der Waals surface area contributed by atoms with E-state index < -0.39 is 0 Å². The van der Waals surface area contributed by atoms with Gasteiger partial charge >= 0.3 is 0 Å². The molecule has 0 unspecified atom stereocenters. The van der Waals surface area contributed by atoms with Crippen molar-refractivity contribution in [1.29, 1.82) is 0 Å². The van der Waals surface area contributed by atoms with Gasteiger partial charge in [0, 0.05) is 24.3 Å². The Morgan fingerprint density at radius 1 is 1.37 bits per heavy atom. The number of nitrogens with zero attached hydrogens (tertiary/aromatic N) is 1. The maximum atomic E-state index is 5.70. The third-order valence-corrected chi connectivity index (χ3v) is 2.91. The number of ether oxygens (including phenoxy) is 1. The first kappa shape index (κ1) is 15.9. The first-order valence-corrected chi connectivity index (χ1v) is 6.78. The highest BCUT2D eigenvalue weighted by atomic mass is 32.1. The summed E-state index contributed by atoms with van der Waals surface area (Å²) in [6.07, 6.45) is 0. The Bertz CT molecular complexity index is 421. The summed E-state index contributed by atoms with van der Waals surface area (Å²) < 4.78 is 5.53. The van der Waals surface area contributed by atoms with E-state index >= 15 is 0 Å². The fourth-order valence-corrected chi connectivity index (χ4v) is 1.80. The maximum Gasteiger partial charge on any atom is 0.106 e. The van der Waals surface area contributed by atoms with Gasteiger partial charge in [0.15, 0.2) is 0 Å². The Hall–Kier alpha value is -1.17. The van der Waals surface area contributed by atoms with Crippen molar-refractivity contribution in [3.63, 3.8) is 0 Å². The topological polar surface area (TPSA) is 50.5 Å². The van der Waals surface area contributed by atoms with Crippen LogP contribution in [0, 0.1) is 6.92 Å². The molecule has 0 radical (unpaired) electrons. The number of aryl methyl sites for hydroxylation is 1. The van der Waals surface area contributed by atoms with Gasteiger partial charge in [-0.25, -0.2) is 0 Å². The Morgan fingerprint density at radius 2 is 2.11 bits per heavy atom. The highest BCUT2D eigenvalue weighted by Crippen LogP contribution is 2.17. The van der Waals surface area contributed by atoms with Crippen LogP contribution >= 0.6 is 12.2 Å². The quantitative estimate of drug-likeness (QED) is 0.560. The van der Waals surface area contributed by atoms with Crippen LogP contribution in [0.2, 0.25) is 0 Å². The zero-order valence-corrected chi connectivity index (χ0v) is 12.7. The minimum absolute atomic E-state index is 0.413. The Labute approximate surface area is 120 Å². The van der Waals surface area contributed by atoms with Gasteiger partial charge in [0.1, 0.15) is 4.99 Å². The van der Waals surface area contributed by atoms with Crippen molar-refractivity contribution in [3.8, 4) is 0 Å². The van der Waals surface area contributed by atoms with Crippen molar-refractivity contribution in [2.45, 2.75) is 6.92 Å². The molecule has 0 atom stereocenters. The molecule has 5 heteroatoms. The zero-order valence-electron chi connectivity index (χ0n) is 11.9. The van der Waals surface area contributed by atoms with E-state index in [1.807, 2.05) is 39.2 Å². The summed E-state index contributed by atoms with van der Waals surface area (Å²) in [4.78, 5) is 2.51. The van der Waals surface area contributed by atoms with E-state index in [1.165, 1.54) is 5.56 Å². The van der Waals surface area contributed by atoms with E-state index in [0.29, 0.717) is 11.6 Å². The maximum absolute atomic E-state index is 5.70. The van der Waals surface area contributed by atoms with Crippen molar-refractivity contribution >= 4 is 22.9 Å². The minimum atomic E-state index is 0.413. The molecular formula is C14H23N3OS. The molecule has 106 valence electrons. The molecule has 4 nitrogen and oxygen atoms in total. The monoisotopic (exact) mass is 281 g/mol. The second-order valence-corrected chi connectivity index (χ2v) is 5.20. The number of benzene rings is 1. The van der Waals surface area contributed by atoms with Crippen LogP contribution in [0.25, 0.3) is 0 Å². The van der Waals surface area contributed by atoms with Gasteiger partial charge in [-0.15, -0.1) is 0 Å². The summed E-state index contributed by atoms with van der Waals surface area (Å²) in [5.41, 5.74) is 8.74. The first-order valence-electron chi connectivity index (χ1n) is 6.37. The van der Waals surface area contributed by atoms with Crippen LogP contribution in [-0.4, -0.2) is 50.3 Å². The normalized spacial score (nSPS) is 10.7. The SMILES string of the molecule is Cc1ccc(C(N)=S)c(NCCOCCN(C)C)c1. The summed E-state index contributed by atoms with van der Waals surface area (Å²) in [6, 6.07) is 6.01. The van der Waals surface area contributed by atoms with E-state index in [4.69, 9.17) is 22.7 Å². The predicted molar refractivity (Wildman–Crippen MR) is 84.9 cm³/mol. The zero-order chi connectivity index (χ0) is 14.3.